The molecule has 0 bridgehead atoms. The van der Waals surface area contributed by atoms with E-state index in [2.05, 4.69) is 31.2 Å². The van der Waals surface area contributed by atoms with Gasteiger partial charge < -0.3 is 15.6 Å². The summed E-state index contributed by atoms with van der Waals surface area (Å²) in [5, 5.41) is 10.3. The van der Waals surface area contributed by atoms with Crippen molar-refractivity contribution in [2.24, 2.45) is 5.73 Å². The molecular weight excluding hydrogens is 258 g/mol. The molecule has 3 N–H and O–H groups in total. The van der Waals surface area contributed by atoms with E-state index in [0.29, 0.717) is 25.3 Å². The molecule has 1 aliphatic rings. The van der Waals surface area contributed by atoms with E-state index in [1.54, 1.807) is 5.01 Å². The lowest BCUT2D eigenvalue weighted by Crippen LogP contribution is -2.45. The highest BCUT2D eigenvalue weighted by Crippen LogP contribution is 2.24. The number of aromatic nitrogens is 1. The summed E-state index contributed by atoms with van der Waals surface area (Å²) in [6, 6.07) is 1.51. The minimum atomic E-state index is -0.298. The van der Waals surface area contributed by atoms with Crippen molar-refractivity contribution in [2.45, 2.75) is 32.2 Å². The minimum Gasteiger partial charge on any atom is -0.361 e. The van der Waals surface area contributed by atoms with Gasteiger partial charge in [-0.1, -0.05) is 25.9 Å². The van der Waals surface area contributed by atoms with Crippen LogP contribution in [-0.4, -0.2) is 47.9 Å². The van der Waals surface area contributed by atoms with Crippen molar-refractivity contribution in [3.05, 3.63) is 17.5 Å². The number of nitrogens with two attached hydrogens (primary N) is 1. The molecule has 0 aromatic carbocycles. The fourth-order valence-corrected chi connectivity index (χ4v) is 2.08. The molecular formula is C13H23N5O2. The summed E-state index contributed by atoms with van der Waals surface area (Å²) < 4.78 is 5.34. The highest BCUT2D eigenvalue weighted by Gasteiger charge is 2.27. The van der Waals surface area contributed by atoms with E-state index in [1.807, 2.05) is 18.1 Å². The molecule has 1 unspecified atom stereocenters. The van der Waals surface area contributed by atoms with Gasteiger partial charge >= 0.3 is 6.03 Å². The zero-order valence-corrected chi connectivity index (χ0v) is 12.5. The Bertz CT molecular complexity index is 479. The molecule has 2 rings (SSSR count). The van der Waals surface area contributed by atoms with Crippen LogP contribution in [0, 0.1) is 0 Å². The summed E-state index contributed by atoms with van der Waals surface area (Å²) in [5.74, 6) is 0.810. The molecule has 1 aromatic heterocycles. The molecule has 1 atom stereocenters. The maximum Gasteiger partial charge on any atom is 0.332 e. The zero-order chi connectivity index (χ0) is 14.9. The molecule has 1 aliphatic heterocycles. The van der Waals surface area contributed by atoms with E-state index in [0.717, 1.165) is 5.76 Å². The number of likely N-dealkylation sites (N-methyl/N-ethyl adjacent to an activating group) is 1. The Labute approximate surface area is 119 Å². The summed E-state index contributed by atoms with van der Waals surface area (Å²) in [5.41, 5.74) is 6.76. The van der Waals surface area contributed by atoms with E-state index >= 15 is 0 Å². The zero-order valence-electron chi connectivity index (χ0n) is 12.5. The molecule has 1 aromatic rings. The van der Waals surface area contributed by atoms with Crippen LogP contribution in [0.5, 0.6) is 0 Å². The monoisotopic (exact) mass is 281 g/mol. The normalized spacial score (nSPS) is 17.7. The first-order chi connectivity index (χ1) is 9.29. The Morgan fingerprint density at radius 3 is 2.80 bits per heavy atom. The third-order valence-electron chi connectivity index (χ3n) is 3.35. The van der Waals surface area contributed by atoms with Gasteiger partial charge in [0.15, 0.2) is 0 Å². The van der Waals surface area contributed by atoms with Crippen molar-refractivity contribution >= 4 is 6.03 Å². The van der Waals surface area contributed by atoms with Crippen molar-refractivity contribution in [3.8, 4) is 0 Å². The highest BCUT2D eigenvalue weighted by molar-refractivity contribution is 5.75. The fourth-order valence-electron chi connectivity index (χ4n) is 2.08. The van der Waals surface area contributed by atoms with Crippen molar-refractivity contribution in [1.29, 1.82) is 0 Å². The van der Waals surface area contributed by atoms with E-state index in [-0.39, 0.29) is 17.5 Å². The largest absolute Gasteiger partial charge is 0.361 e. The van der Waals surface area contributed by atoms with Gasteiger partial charge in [-0.2, -0.15) is 0 Å². The minimum absolute atomic E-state index is 0.0877. The predicted octanol–water partition coefficient (Wildman–Crippen LogP) is 0.844. The summed E-state index contributed by atoms with van der Waals surface area (Å²) in [6.07, 6.45) is 0. The molecule has 0 saturated carbocycles. The summed E-state index contributed by atoms with van der Waals surface area (Å²) in [4.78, 5) is 11.6. The first kappa shape index (κ1) is 14.8. The molecule has 1 fully saturated rings. The van der Waals surface area contributed by atoms with Crippen molar-refractivity contribution in [2.75, 3.05) is 26.7 Å². The van der Waals surface area contributed by atoms with Gasteiger partial charge in [0, 0.05) is 31.6 Å². The van der Waals surface area contributed by atoms with Crippen molar-refractivity contribution in [3.63, 3.8) is 0 Å². The SMILES string of the molecule is CN(CC(N)c1cc(C(C)(C)C)on1)N1CCNC1=O. The van der Waals surface area contributed by atoms with Gasteiger partial charge in [0.05, 0.1) is 12.6 Å². The quantitative estimate of drug-likeness (QED) is 0.854. The number of rotatable bonds is 4. The van der Waals surface area contributed by atoms with Gasteiger partial charge in [-0.25, -0.2) is 9.80 Å². The van der Waals surface area contributed by atoms with Crippen LogP contribution in [0.2, 0.25) is 0 Å². The van der Waals surface area contributed by atoms with Crippen molar-refractivity contribution in [1.82, 2.24) is 20.5 Å². The van der Waals surface area contributed by atoms with Gasteiger partial charge in [0.1, 0.15) is 11.5 Å². The standard InChI is InChI=1S/C13H23N5O2/c1-13(2,3)11-7-10(16-20-11)9(14)8-17(4)18-6-5-15-12(18)19/h7,9H,5-6,8,14H2,1-4H3,(H,15,19). The topological polar surface area (TPSA) is 87.6 Å². The third-order valence-corrected chi connectivity index (χ3v) is 3.35. The van der Waals surface area contributed by atoms with Crippen molar-refractivity contribution < 1.29 is 9.32 Å². The molecule has 20 heavy (non-hydrogen) atoms. The van der Waals surface area contributed by atoms with Crippen LogP contribution in [0.3, 0.4) is 0 Å². The highest BCUT2D eigenvalue weighted by atomic mass is 16.5. The van der Waals surface area contributed by atoms with Crippen LogP contribution >= 0.6 is 0 Å². The summed E-state index contributed by atoms with van der Waals surface area (Å²) in [6.45, 7) is 8.00. The Kier molecular flexibility index (Phi) is 4.01. The van der Waals surface area contributed by atoms with Crippen LogP contribution in [-0.2, 0) is 5.41 Å². The van der Waals surface area contributed by atoms with Crippen LogP contribution in [0.1, 0.15) is 38.3 Å². The second-order valence-corrected chi connectivity index (χ2v) is 6.17. The Morgan fingerprint density at radius 1 is 1.60 bits per heavy atom. The lowest BCUT2D eigenvalue weighted by atomic mass is 9.93. The molecule has 0 spiro atoms. The van der Waals surface area contributed by atoms with Crippen LogP contribution in [0.25, 0.3) is 0 Å². The third kappa shape index (κ3) is 3.10. The number of amides is 2. The van der Waals surface area contributed by atoms with E-state index < -0.39 is 0 Å². The lowest BCUT2D eigenvalue weighted by molar-refractivity contribution is 0.0531. The first-order valence-electron chi connectivity index (χ1n) is 6.78. The van der Waals surface area contributed by atoms with E-state index in [4.69, 9.17) is 10.3 Å². The molecule has 2 heterocycles. The fraction of sp³-hybridized carbons (Fsp3) is 0.692. The first-order valence-corrected chi connectivity index (χ1v) is 6.78. The van der Waals surface area contributed by atoms with E-state index in [9.17, 15) is 4.79 Å². The smallest absolute Gasteiger partial charge is 0.332 e. The number of hydrogen-bond acceptors (Lipinski definition) is 5. The van der Waals surface area contributed by atoms with Gasteiger partial charge in [0.2, 0.25) is 0 Å². The second-order valence-electron chi connectivity index (χ2n) is 6.17. The van der Waals surface area contributed by atoms with Gasteiger partial charge in [-0.3, -0.25) is 5.01 Å². The lowest BCUT2D eigenvalue weighted by Gasteiger charge is -2.28. The molecule has 112 valence electrons. The van der Waals surface area contributed by atoms with Crippen LogP contribution in [0.4, 0.5) is 4.79 Å². The predicted molar refractivity (Wildman–Crippen MR) is 74.9 cm³/mol. The Morgan fingerprint density at radius 2 is 2.30 bits per heavy atom. The summed E-state index contributed by atoms with van der Waals surface area (Å²) >= 11 is 0. The molecule has 2 amide bonds. The van der Waals surface area contributed by atoms with Gasteiger partial charge in [0.25, 0.3) is 0 Å². The Hall–Kier alpha value is -1.60. The molecule has 0 radical (unpaired) electrons. The van der Waals surface area contributed by atoms with Crippen LogP contribution in [0.15, 0.2) is 10.6 Å². The van der Waals surface area contributed by atoms with Gasteiger partial charge in [-0.15, -0.1) is 0 Å². The number of hydrazine groups is 1. The average molecular weight is 281 g/mol. The average Bonchev–Trinajstić information content (AvgIpc) is 2.95. The number of nitrogens with one attached hydrogen (secondary N) is 1. The number of nitrogens with zero attached hydrogens (tertiary/aromatic N) is 3. The molecule has 7 heteroatoms. The van der Waals surface area contributed by atoms with Crippen LogP contribution < -0.4 is 11.1 Å². The number of hydrogen-bond donors (Lipinski definition) is 2. The van der Waals surface area contributed by atoms with Gasteiger partial charge in [-0.05, 0) is 0 Å². The molecule has 7 nitrogen and oxygen atoms in total. The second kappa shape index (κ2) is 5.41. The Balaban J connectivity index is 1.99. The molecule has 1 saturated heterocycles. The maximum atomic E-state index is 11.6. The number of carbonyl (C=O) groups is 1. The number of urea groups is 1. The van der Waals surface area contributed by atoms with E-state index in [1.165, 1.54) is 0 Å². The molecule has 0 aliphatic carbocycles. The summed E-state index contributed by atoms with van der Waals surface area (Å²) in [7, 11) is 1.84. The number of carbonyl (C=O) groups excluding carboxylic acids is 1. The maximum absolute atomic E-state index is 11.6.